The summed E-state index contributed by atoms with van der Waals surface area (Å²) < 4.78 is 38.8. The van der Waals surface area contributed by atoms with Gasteiger partial charge in [-0.15, -0.1) is 25.3 Å². The topological polar surface area (TPSA) is 112 Å². The molecule has 4 aromatic rings. The smallest absolute Gasteiger partial charge is 0.416 e. The van der Waals surface area contributed by atoms with Gasteiger partial charge in [-0.05, 0) is 54.4 Å². The molecule has 0 radical (unpaired) electrons. The third kappa shape index (κ3) is 14.6. The SMILES string of the molecule is CCCCCCCCCCNc1ccc(-c2cc(C(F)(F)F)ccc2Cl)cc1.O=C(O)c1ccncc1S.O=C(O)c1ccncc1S. The largest absolute Gasteiger partial charge is 0.478 e. The Morgan fingerprint density at radius 3 is 1.71 bits per heavy atom. The normalized spacial score (nSPS) is 10.6. The Morgan fingerprint density at radius 2 is 1.27 bits per heavy atom. The fourth-order valence-electron chi connectivity index (χ4n) is 4.32. The fraction of sp³-hybridized carbons (Fsp3) is 0.314. The Labute approximate surface area is 294 Å². The van der Waals surface area contributed by atoms with E-state index in [1.165, 1.54) is 87.9 Å². The number of hydrogen-bond donors (Lipinski definition) is 5. The highest BCUT2D eigenvalue weighted by Crippen LogP contribution is 2.36. The van der Waals surface area contributed by atoms with Crippen molar-refractivity contribution in [2.24, 2.45) is 0 Å². The number of nitrogens with one attached hydrogen (secondary N) is 1. The van der Waals surface area contributed by atoms with Crippen molar-refractivity contribution in [2.75, 3.05) is 11.9 Å². The van der Waals surface area contributed by atoms with Crippen LogP contribution in [0.3, 0.4) is 0 Å². The molecule has 0 bridgehead atoms. The van der Waals surface area contributed by atoms with Crippen LogP contribution < -0.4 is 5.32 Å². The van der Waals surface area contributed by atoms with Crippen LogP contribution in [0.1, 0.15) is 84.6 Å². The number of pyridine rings is 2. The lowest BCUT2D eigenvalue weighted by Crippen LogP contribution is -2.04. The molecule has 0 unspecified atom stereocenters. The van der Waals surface area contributed by atoms with Gasteiger partial charge in [0.05, 0.1) is 16.7 Å². The van der Waals surface area contributed by atoms with Crippen molar-refractivity contribution < 1.29 is 33.0 Å². The van der Waals surface area contributed by atoms with Crippen LogP contribution in [-0.2, 0) is 6.18 Å². The molecule has 2 aromatic heterocycles. The van der Waals surface area contributed by atoms with Crippen molar-refractivity contribution in [3.63, 3.8) is 0 Å². The minimum atomic E-state index is -4.38. The van der Waals surface area contributed by atoms with Gasteiger partial charge in [0.2, 0.25) is 0 Å². The second-order valence-corrected chi connectivity index (χ2v) is 11.9. The monoisotopic (exact) mass is 721 g/mol. The Balaban J connectivity index is 0.000000323. The third-order valence-corrected chi connectivity index (χ3v) is 7.95. The van der Waals surface area contributed by atoms with Crippen molar-refractivity contribution in [3.05, 3.63) is 101 Å². The van der Waals surface area contributed by atoms with E-state index in [1.807, 2.05) is 12.1 Å². The van der Waals surface area contributed by atoms with Gasteiger partial charge < -0.3 is 15.5 Å². The van der Waals surface area contributed by atoms with E-state index in [9.17, 15) is 22.8 Å². The molecular formula is C35H39ClF3N3O4S2. The molecule has 0 saturated heterocycles. The van der Waals surface area contributed by atoms with Crippen LogP contribution in [0.25, 0.3) is 11.1 Å². The number of anilines is 1. The van der Waals surface area contributed by atoms with Crippen molar-refractivity contribution in [1.29, 1.82) is 0 Å². The van der Waals surface area contributed by atoms with Crippen LogP contribution >= 0.6 is 36.9 Å². The summed E-state index contributed by atoms with van der Waals surface area (Å²) in [5.74, 6) is -1.96. The van der Waals surface area contributed by atoms with Crippen LogP contribution in [-0.4, -0.2) is 38.7 Å². The lowest BCUT2D eigenvalue weighted by molar-refractivity contribution is -0.137. The van der Waals surface area contributed by atoms with E-state index in [2.05, 4.69) is 47.5 Å². The van der Waals surface area contributed by atoms with Crippen LogP contribution in [0.4, 0.5) is 18.9 Å². The average molecular weight is 722 g/mol. The van der Waals surface area contributed by atoms with Crippen molar-refractivity contribution in [1.82, 2.24) is 9.97 Å². The molecule has 0 spiro atoms. The van der Waals surface area contributed by atoms with E-state index in [0.29, 0.717) is 25.9 Å². The quantitative estimate of drug-likeness (QED) is 0.0690. The Morgan fingerprint density at radius 1 is 0.771 bits per heavy atom. The zero-order valence-electron chi connectivity index (χ0n) is 26.4. The number of carbonyl (C=O) groups is 2. The molecule has 0 atom stereocenters. The number of thiol groups is 2. The summed E-state index contributed by atoms with van der Waals surface area (Å²) in [5.41, 5.74) is 1.70. The Kier molecular flexibility index (Phi) is 17.9. The maximum atomic E-state index is 12.9. The van der Waals surface area contributed by atoms with Gasteiger partial charge in [-0.2, -0.15) is 13.2 Å². The number of benzene rings is 2. The number of carboxylic acid groups (broad SMARTS) is 2. The summed E-state index contributed by atoms with van der Waals surface area (Å²) in [7, 11) is 0. The first-order chi connectivity index (χ1) is 22.8. The van der Waals surface area contributed by atoms with Gasteiger partial charge in [-0.25, -0.2) is 9.59 Å². The Hall–Kier alpha value is -3.74. The number of carboxylic acids is 2. The molecular weight excluding hydrogens is 683 g/mol. The molecule has 0 fully saturated rings. The number of unbranched alkanes of at least 4 members (excludes halogenated alkanes) is 7. The second kappa shape index (κ2) is 21.3. The first-order valence-corrected chi connectivity index (χ1v) is 16.6. The van der Waals surface area contributed by atoms with Crippen molar-refractivity contribution in [2.45, 2.75) is 74.3 Å². The van der Waals surface area contributed by atoms with Crippen LogP contribution in [0.2, 0.25) is 5.02 Å². The molecule has 0 aliphatic rings. The number of nitrogens with zero attached hydrogens (tertiary/aromatic N) is 2. The minimum absolute atomic E-state index is 0.179. The van der Waals surface area contributed by atoms with Crippen LogP contribution in [0, 0.1) is 0 Å². The highest BCUT2D eigenvalue weighted by molar-refractivity contribution is 7.80. The summed E-state index contributed by atoms with van der Waals surface area (Å²) in [6, 6.07) is 13.6. The second-order valence-electron chi connectivity index (χ2n) is 10.6. The zero-order chi connectivity index (χ0) is 35.5. The molecule has 48 heavy (non-hydrogen) atoms. The van der Waals surface area contributed by atoms with Gasteiger partial charge in [-0.1, -0.05) is 75.6 Å². The van der Waals surface area contributed by atoms with Crippen LogP contribution in [0.15, 0.2) is 89.2 Å². The molecule has 258 valence electrons. The number of rotatable bonds is 13. The minimum Gasteiger partial charge on any atom is -0.478 e. The van der Waals surface area contributed by atoms with Crippen molar-refractivity contribution >= 4 is 54.5 Å². The van der Waals surface area contributed by atoms with E-state index in [0.717, 1.165) is 30.8 Å². The number of aromatic nitrogens is 2. The Bertz CT molecular complexity index is 1540. The molecule has 0 amide bonds. The van der Waals surface area contributed by atoms with E-state index in [1.54, 1.807) is 12.1 Å². The van der Waals surface area contributed by atoms with E-state index < -0.39 is 23.7 Å². The summed E-state index contributed by atoms with van der Waals surface area (Å²) in [5, 5.41) is 20.7. The maximum Gasteiger partial charge on any atom is 0.416 e. The molecule has 2 aromatic carbocycles. The molecule has 3 N–H and O–H groups in total. The third-order valence-electron chi connectivity index (χ3n) is 6.91. The summed E-state index contributed by atoms with van der Waals surface area (Å²) in [6.07, 6.45) is 11.5. The standard InChI is InChI=1S/C23H29ClF3N.2C6H5NO2S/c1-2-3-4-5-6-7-8-9-16-28-20-13-10-18(11-14-20)21-17-19(23(25,26)27)12-15-22(21)24;2*8-6(9)4-1-2-7-3-5(4)10/h10-15,17,28H,2-9,16H2,1H3;2*1-3,10H,(H,8,9). The lowest BCUT2D eigenvalue weighted by Gasteiger charge is -2.12. The van der Waals surface area contributed by atoms with Gasteiger partial charge in [0, 0.05) is 57.4 Å². The maximum absolute atomic E-state index is 12.9. The molecule has 4 rings (SSSR count). The van der Waals surface area contributed by atoms with Gasteiger partial charge in [0.25, 0.3) is 0 Å². The predicted octanol–water partition coefficient (Wildman–Crippen LogP) is 10.7. The van der Waals surface area contributed by atoms with Gasteiger partial charge >= 0.3 is 18.1 Å². The molecule has 0 saturated carbocycles. The first-order valence-electron chi connectivity index (χ1n) is 15.3. The molecule has 7 nitrogen and oxygen atoms in total. The fourth-order valence-corrected chi connectivity index (χ4v) is 5.02. The van der Waals surface area contributed by atoms with E-state index >= 15 is 0 Å². The van der Waals surface area contributed by atoms with E-state index in [4.69, 9.17) is 21.8 Å². The van der Waals surface area contributed by atoms with E-state index in [-0.39, 0.29) is 11.1 Å². The van der Waals surface area contributed by atoms with Gasteiger partial charge in [0.15, 0.2) is 0 Å². The zero-order valence-corrected chi connectivity index (χ0v) is 28.9. The summed E-state index contributed by atoms with van der Waals surface area (Å²) in [6.45, 7) is 3.13. The number of aromatic carboxylic acids is 2. The van der Waals surface area contributed by atoms with Gasteiger partial charge in [-0.3, -0.25) is 9.97 Å². The summed E-state index contributed by atoms with van der Waals surface area (Å²) in [4.78, 5) is 28.8. The molecule has 0 aliphatic carbocycles. The highest BCUT2D eigenvalue weighted by Gasteiger charge is 2.31. The van der Waals surface area contributed by atoms with Crippen molar-refractivity contribution in [3.8, 4) is 11.1 Å². The lowest BCUT2D eigenvalue weighted by atomic mass is 10.0. The van der Waals surface area contributed by atoms with Gasteiger partial charge in [0.1, 0.15) is 0 Å². The predicted molar refractivity (Wildman–Crippen MR) is 190 cm³/mol. The number of hydrogen-bond acceptors (Lipinski definition) is 7. The average Bonchev–Trinajstić information content (AvgIpc) is 3.05. The molecule has 0 aliphatic heterocycles. The highest BCUT2D eigenvalue weighted by atomic mass is 35.5. The summed E-state index contributed by atoms with van der Waals surface area (Å²) >= 11 is 13.9. The molecule has 13 heteroatoms. The first kappa shape index (κ1) is 40.4. The number of halogens is 4. The number of alkyl halides is 3. The molecule has 2 heterocycles. The van der Waals surface area contributed by atoms with Crippen LogP contribution in [0.5, 0.6) is 0 Å².